The van der Waals surface area contributed by atoms with Gasteiger partial charge < -0.3 is 15.2 Å². The SMILES string of the molecule is O=C(O)C(=Cc1ccc(Oc2ccccc2I)cc1)NC(=O)C12CC3CC(CC(C3)C1)C2. The van der Waals surface area contributed by atoms with Crippen LogP contribution < -0.4 is 10.1 Å². The molecule has 6 heteroatoms. The fraction of sp³-hybridized carbons (Fsp3) is 0.385. The van der Waals surface area contributed by atoms with Crippen molar-refractivity contribution in [3.05, 3.63) is 63.4 Å². The van der Waals surface area contributed by atoms with E-state index >= 15 is 0 Å². The Labute approximate surface area is 201 Å². The van der Waals surface area contributed by atoms with E-state index in [1.165, 1.54) is 25.3 Å². The first-order chi connectivity index (χ1) is 15.4. The molecule has 4 aliphatic carbocycles. The standard InChI is InChI=1S/C26H26INO4/c27-21-3-1-2-4-23(21)32-20-7-5-16(6-8-20)12-22(24(29)30)28-25(31)26-13-17-9-18(14-26)11-19(10-17)15-26/h1-8,12,17-19H,9-11,13-15H2,(H,28,31)(H,29,30). The Hall–Kier alpha value is -2.35. The Kier molecular flexibility index (Phi) is 5.73. The summed E-state index contributed by atoms with van der Waals surface area (Å²) in [5.41, 5.74) is 0.244. The molecule has 1 amide bonds. The molecule has 4 saturated carbocycles. The van der Waals surface area contributed by atoms with E-state index in [1.807, 2.05) is 24.3 Å². The summed E-state index contributed by atoms with van der Waals surface area (Å²) < 4.78 is 6.91. The second-order valence-corrected chi connectivity index (χ2v) is 10.8. The maximum atomic E-state index is 13.3. The number of rotatable bonds is 6. The van der Waals surface area contributed by atoms with Crippen LogP contribution in [0.4, 0.5) is 0 Å². The zero-order chi connectivity index (χ0) is 22.3. The molecule has 0 heterocycles. The van der Waals surface area contributed by atoms with Gasteiger partial charge in [-0.1, -0.05) is 24.3 Å². The van der Waals surface area contributed by atoms with Crippen molar-refractivity contribution in [1.82, 2.24) is 5.32 Å². The van der Waals surface area contributed by atoms with Crippen LogP contribution in [0.15, 0.2) is 54.2 Å². The molecular formula is C26H26INO4. The van der Waals surface area contributed by atoms with E-state index in [4.69, 9.17) is 4.74 Å². The third kappa shape index (κ3) is 4.29. The molecular weight excluding hydrogens is 517 g/mol. The van der Waals surface area contributed by atoms with Gasteiger partial charge in [0.05, 0.1) is 8.99 Å². The first-order valence-corrected chi connectivity index (χ1v) is 12.3. The molecule has 32 heavy (non-hydrogen) atoms. The molecule has 4 fully saturated rings. The van der Waals surface area contributed by atoms with E-state index in [0.29, 0.717) is 29.1 Å². The fourth-order valence-corrected chi connectivity index (χ4v) is 6.75. The molecule has 0 radical (unpaired) electrons. The van der Waals surface area contributed by atoms with Crippen molar-refractivity contribution >= 4 is 40.5 Å². The molecule has 6 rings (SSSR count). The van der Waals surface area contributed by atoms with Crippen molar-refractivity contribution < 1.29 is 19.4 Å². The Morgan fingerprint density at radius 1 is 0.969 bits per heavy atom. The molecule has 2 aromatic carbocycles. The van der Waals surface area contributed by atoms with Gasteiger partial charge in [0.2, 0.25) is 5.91 Å². The molecule has 0 unspecified atom stereocenters. The summed E-state index contributed by atoms with van der Waals surface area (Å²) in [5, 5.41) is 12.5. The smallest absolute Gasteiger partial charge is 0.352 e. The van der Waals surface area contributed by atoms with Crippen molar-refractivity contribution in [1.29, 1.82) is 0 Å². The van der Waals surface area contributed by atoms with Crippen LogP contribution in [0.3, 0.4) is 0 Å². The number of carbonyl (C=O) groups excluding carboxylic acids is 1. The number of ether oxygens (including phenoxy) is 1. The molecule has 4 aliphatic rings. The van der Waals surface area contributed by atoms with E-state index in [0.717, 1.165) is 28.6 Å². The number of carboxylic acid groups (broad SMARTS) is 1. The number of hydrogen-bond donors (Lipinski definition) is 2. The lowest BCUT2D eigenvalue weighted by molar-refractivity contribution is -0.147. The van der Waals surface area contributed by atoms with Crippen molar-refractivity contribution in [3.63, 3.8) is 0 Å². The monoisotopic (exact) mass is 543 g/mol. The first-order valence-electron chi connectivity index (χ1n) is 11.2. The molecule has 5 nitrogen and oxygen atoms in total. The Morgan fingerprint density at radius 3 is 2.12 bits per heavy atom. The number of para-hydroxylation sites is 1. The number of carbonyl (C=O) groups is 2. The summed E-state index contributed by atoms with van der Waals surface area (Å²) in [4.78, 5) is 25.2. The van der Waals surface area contributed by atoms with Gasteiger partial charge in [-0.2, -0.15) is 0 Å². The largest absolute Gasteiger partial charge is 0.477 e. The quantitative estimate of drug-likeness (QED) is 0.355. The van der Waals surface area contributed by atoms with Crippen LogP contribution in [-0.4, -0.2) is 17.0 Å². The highest BCUT2D eigenvalue weighted by molar-refractivity contribution is 14.1. The number of nitrogens with one attached hydrogen (secondary N) is 1. The minimum Gasteiger partial charge on any atom is -0.477 e. The van der Waals surface area contributed by atoms with E-state index in [2.05, 4.69) is 27.9 Å². The molecule has 0 saturated heterocycles. The van der Waals surface area contributed by atoms with Gasteiger partial charge in [0, 0.05) is 0 Å². The summed E-state index contributed by atoms with van der Waals surface area (Å²) in [5.74, 6) is 2.09. The van der Waals surface area contributed by atoms with Crippen LogP contribution >= 0.6 is 22.6 Å². The number of hydrogen-bond acceptors (Lipinski definition) is 3. The minimum atomic E-state index is -1.12. The van der Waals surface area contributed by atoms with Gasteiger partial charge in [0.15, 0.2) is 0 Å². The summed E-state index contributed by atoms with van der Waals surface area (Å²) in [6, 6.07) is 14.9. The predicted molar refractivity (Wildman–Crippen MR) is 130 cm³/mol. The molecule has 0 atom stereocenters. The number of aliphatic carboxylic acids is 1. The average Bonchev–Trinajstić information content (AvgIpc) is 2.75. The van der Waals surface area contributed by atoms with Gasteiger partial charge in [0.1, 0.15) is 17.2 Å². The predicted octanol–water partition coefficient (Wildman–Crippen LogP) is 5.84. The lowest BCUT2D eigenvalue weighted by atomic mass is 9.49. The number of benzene rings is 2. The van der Waals surface area contributed by atoms with E-state index in [1.54, 1.807) is 24.3 Å². The summed E-state index contributed by atoms with van der Waals surface area (Å²) in [7, 11) is 0. The van der Waals surface area contributed by atoms with Crippen LogP contribution in [0, 0.1) is 26.7 Å². The van der Waals surface area contributed by atoms with Gasteiger partial charge in [-0.25, -0.2) is 4.79 Å². The second kappa shape index (κ2) is 8.54. The van der Waals surface area contributed by atoms with E-state index in [-0.39, 0.29) is 17.0 Å². The number of amides is 1. The fourth-order valence-electron chi connectivity index (χ4n) is 6.25. The van der Waals surface area contributed by atoms with Crippen LogP contribution in [0.1, 0.15) is 44.1 Å². The Balaban J connectivity index is 1.31. The van der Waals surface area contributed by atoms with Gasteiger partial charge in [0.25, 0.3) is 0 Å². The zero-order valence-corrected chi connectivity index (χ0v) is 19.9. The Morgan fingerprint density at radius 2 is 1.56 bits per heavy atom. The normalized spacial score (nSPS) is 28.4. The zero-order valence-electron chi connectivity index (χ0n) is 17.7. The van der Waals surface area contributed by atoms with Crippen LogP contribution in [-0.2, 0) is 9.59 Å². The van der Waals surface area contributed by atoms with Crippen molar-refractivity contribution in [3.8, 4) is 11.5 Å². The second-order valence-electron chi connectivity index (χ2n) is 9.62. The highest BCUT2D eigenvalue weighted by Crippen LogP contribution is 2.60. The third-order valence-electron chi connectivity index (χ3n) is 7.25. The van der Waals surface area contributed by atoms with Crippen LogP contribution in [0.2, 0.25) is 0 Å². The lowest BCUT2D eigenvalue weighted by Crippen LogP contribution is -2.53. The maximum Gasteiger partial charge on any atom is 0.352 e. The van der Waals surface area contributed by atoms with E-state index in [9.17, 15) is 14.7 Å². The summed E-state index contributed by atoms with van der Waals surface area (Å²) >= 11 is 2.22. The Bertz CT molecular complexity index is 1040. The number of carboxylic acids is 1. The van der Waals surface area contributed by atoms with Crippen molar-refractivity contribution in [2.24, 2.45) is 23.2 Å². The van der Waals surface area contributed by atoms with Crippen LogP contribution in [0.25, 0.3) is 6.08 Å². The van der Waals surface area contributed by atoms with Gasteiger partial charge in [-0.15, -0.1) is 0 Å². The summed E-state index contributed by atoms with van der Waals surface area (Å²) in [6.45, 7) is 0. The third-order valence-corrected chi connectivity index (χ3v) is 8.15. The molecule has 0 aromatic heterocycles. The molecule has 2 aromatic rings. The van der Waals surface area contributed by atoms with Crippen molar-refractivity contribution in [2.45, 2.75) is 38.5 Å². The highest BCUT2D eigenvalue weighted by Gasteiger charge is 2.54. The topological polar surface area (TPSA) is 75.6 Å². The average molecular weight is 543 g/mol. The summed E-state index contributed by atoms with van der Waals surface area (Å²) in [6.07, 6.45) is 7.96. The molecule has 4 bridgehead atoms. The first kappa shape index (κ1) is 21.5. The molecule has 166 valence electrons. The van der Waals surface area contributed by atoms with Gasteiger partial charge in [-0.3, -0.25) is 4.79 Å². The van der Waals surface area contributed by atoms with Gasteiger partial charge >= 0.3 is 5.97 Å². The maximum absolute atomic E-state index is 13.3. The molecule has 0 spiro atoms. The highest BCUT2D eigenvalue weighted by atomic mass is 127. The van der Waals surface area contributed by atoms with Gasteiger partial charge in [-0.05, 0) is 115 Å². The minimum absolute atomic E-state index is 0.0722. The number of halogens is 1. The molecule has 0 aliphatic heterocycles. The van der Waals surface area contributed by atoms with E-state index < -0.39 is 5.97 Å². The van der Waals surface area contributed by atoms with Crippen LogP contribution in [0.5, 0.6) is 11.5 Å². The van der Waals surface area contributed by atoms with Crippen molar-refractivity contribution in [2.75, 3.05) is 0 Å². The molecule has 2 N–H and O–H groups in total. The lowest BCUT2D eigenvalue weighted by Gasteiger charge is -2.55.